The molecule has 2 atom stereocenters. The van der Waals surface area contributed by atoms with Gasteiger partial charge in [0.15, 0.2) is 0 Å². The van der Waals surface area contributed by atoms with Crippen LogP contribution in [0.1, 0.15) is 97.3 Å². The van der Waals surface area contributed by atoms with E-state index in [-0.39, 0.29) is 36.0 Å². The van der Waals surface area contributed by atoms with Gasteiger partial charge in [0.2, 0.25) is 0 Å². The van der Waals surface area contributed by atoms with E-state index in [1.807, 2.05) is 6.92 Å². The van der Waals surface area contributed by atoms with Crippen LogP contribution >= 0.6 is 0 Å². The van der Waals surface area contributed by atoms with Crippen molar-refractivity contribution in [2.75, 3.05) is 0 Å². The fourth-order valence-corrected chi connectivity index (χ4v) is 3.76. The summed E-state index contributed by atoms with van der Waals surface area (Å²) < 4.78 is 33.7. The average Bonchev–Trinajstić information content (AvgIpc) is 2.44. The summed E-state index contributed by atoms with van der Waals surface area (Å²) in [4.78, 5) is 0. The zero-order chi connectivity index (χ0) is 16.8. The van der Waals surface area contributed by atoms with Crippen LogP contribution in [0.25, 0.3) is 0 Å². The van der Waals surface area contributed by atoms with Gasteiger partial charge in [0.05, 0.1) is 11.4 Å². The van der Waals surface area contributed by atoms with Crippen LogP contribution < -0.4 is 29.6 Å². The maximum Gasteiger partial charge on any atom is 1.00 e. The standard InChI is InChI=1S/C17H36O4S.Na/c1-3-5-7-8-9-10-11-12-13-14-16(18)17(15-6-4-2)22(19,20)21;/h16-18H,3-15H2,1-2H3,(H,19,20,21);/q;+1/p-1. The van der Waals surface area contributed by atoms with E-state index in [2.05, 4.69) is 6.92 Å². The summed E-state index contributed by atoms with van der Waals surface area (Å²) in [5.41, 5.74) is 0. The number of aliphatic hydroxyl groups excluding tert-OH is 1. The summed E-state index contributed by atoms with van der Waals surface area (Å²) in [6.45, 7) is 4.16. The molecule has 0 aliphatic carbocycles. The van der Waals surface area contributed by atoms with E-state index in [0.29, 0.717) is 12.8 Å². The van der Waals surface area contributed by atoms with Crippen LogP contribution in [0, 0.1) is 0 Å². The molecule has 0 radical (unpaired) electrons. The van der Waals surface area contributed by atoms with Crippen LogP contribution in [0.4, 0.5) is 0 Å². The first-order chi connectivity index (χ1) is 10.4. The Morgan fingerprint density at radius 1 is 0.783 bits per heavy atom. The van der Waals surface area contributed by atoms with Gasteiger partial charge in [-0.25, -0.2) is 8.42 Å². The number of hydrogen-bond donors (Lipinski definition) is 1. The Kier molecular flexibility index (Phi) is 18.5. The first-order valence-electron chi connectivity index (χ1n) is 9.06. The van der Waals surface area contributed by atoms with Gasteiger partial charge in [-0.15, -0.1) is 0 Å². The van der Waals surface area contributed by atoms with Gasteiger partial charge in [-0.05, 0) is 12.8 Å². The van der Waals surface area contributed by atoms with Crippen LogP contribution in [-0.2, 0) is 10.1 Å². The van der Waals surface area contributed by atoms with Crippen molar-refractivity contribution in [1.29, 1.82) is 0 Å². The molecule has 0 aliphatic rings. The molecule has 6 heteroatoms. The molecule has 0 aliphatic heterocycles. The van der Waals surface area contributed by atoms with E-state index in [1.165, 1.54) is 38.5 Å². The fraction of sp³-hybridized carbons (Fsp3) is 1.00. The first kappa shape index (κ1) is 26.1. The summed E-state index contributed by atoms with van der Waals surface area (Å²) in [5.74, 6) is 0. The average molecular weight is 359 g/mol. The summed E-state index contributed by atoms with van der Waals surface area (Å²) >= 11 is 0. The molecule has 0 saturated heterocycles. The minimum atomic E-state index is -4.40. The van der Waals surface area contributed by atoms with Gasteiger partial charge < -0.3 is 9.66 Å². The third kappa shape index (κ3) is 14.9. The van der Waals surface area contributed by atoms with E-state index in [1.54, 1.807) is 0 Å². The van der Waals surface area contributed by atoms with E-state index in [0.717, 1.165) is 25.7 Å². The second-order valence-electron chi connectivity index (χ2n) is 6.36. The van der Waals surface area contributed by atoms with Crippen LogP contribution in [0.3, 0.4) is 0 Å². The van der Waals surface area contributed by atoms with Crippen LogP contribution in [-0.4, -0.2) is 29.4 Å². The van der Waals surface area contributed by atoms with Gasteiger partial charge in [0.25, 0.3) is 0 Å². The normalized spacial score (nSPS) is 14.3. The molecule has 134 valence electrons. The maximum atomic E-state index is 11.2. The summed E-state index contributed by atoms with van der Waals surface area (Å²) in [5, 5.41) is 8.87. The number of aliphatic hydroxyl groups is 1. The number of rotatable bonds is 15. The van der Waals surface area contributed by atoms with Gasteiger partial charge in [0.1, 0.15) is 10.1 Å². The summed E-state index contributed by atoms with van der Waals surface area (Å²) in [7, 11) is -4.40. The minimum Gasteiger partial charge on any atom is -0.748 e. The van der Waals surface area contributed by atoms with Gasteiger partial charge in [-0.2, -0.15) is 0 Å². The number of hydrogen-bond acceptors (Lipinski definition) is 4. The predicted octanol–water partition coefficient (Wildman–Crippen LogP) is 1.38. The first-order valence-corrected chi connectivity index (χ1v) is 10.5. The molecule has 23 heavy (non-hydrogen) atoms. The molecule has 0 spiro atoms. The van der Waals surface area contributed by atoms with Crippen molar-refractivity contribution >= 4 is 10.1 Å². The van der Waals surface area contributed by atoms with Crippen LogP contribution in [0.2, 0.25) is 0 Å². The van der Waals surface area contributed by atoms with Crippen molar-refractivity contribution in [3.63, 3.8) is 0 Å². The Morgan fingerprint density at radius 2 is 1.22 bits per heavy atom. The van der Waals surface area contributed by atoms with Gasteiger partial charge >= 0.3 is 29.6 Å². The molecule has 0 aromatic carbocycles. The molecule has 0 bridgehead atoms. The molecule has 0 saturated carbocycles. The minimum absolute atomic E-state index is 0. The quantitative estimate of drug-likeness (QED) is 0.272. The molecule has 2 unspecified atom stereocenters. The van der Waals surface area contributed by atoms with E-state index >= 15 is 0 Å². The Bertz CT molecular complexity index is 347. The largest absolute Gasteiger partial charge is 1.00 e. The molecule has 0 aromatic rings. The maximum absolute atomic E-state index is 11.2. The van der Waals surface area contributed by atoms with Crippen molar-refractivity contribution in [3.05, 3.63) is 0 Å². The summed E-state index contributed by atoms with van der Waals surface area (Å²) in [6, 6.07) is 0. The zero-order valence-electron chi connectivity index (χ0n) is 15.4. The van der Waals surface area contributed by atoms with Crippen molar-refractivity contribution in [2.45, 2.75) is 109 Å². The van der Waals surface area contributed by atoms with Crippen molar-refractivity contribution in [1.82, 2.24) is 0 Å². The molecule has 0 rings (SSSR count). The fourth-order valence-electron chi connectivity index (χ4n) is 2.78. The molecule has 1 N–H and O–H groups in total. The second-order valence-corrected chi connectivity index (χ2v) is 7.95. The molecular weight excluding hydrogens is 323 g/mol. The van der Waals surface area contributed by atoms with Crippen molar-refractivity contribution in [2.24, 2.45) is 0 Å². The van der Waals surface area contributed by atoms with Crippen molar-refractivity contribution in [3.8, 4) is 0 Å². The molecule has 0 aromatic heterocycles. The number of unbranched alkanes of at least 4 members (excludes halogenated alkanes) is 9. The zero-order valence-corrected chi connectivity index (χ0v) is 18.2. The third-order valence-corrected chi connectivity index (χ3v) is 5.54. The SMILES string of the molecule is CCCCCCCCCCCC(O)C(CCCC)S(=O)(=O)[O-].[Na+]. The smallest absolute Gasteiger partial charge is 0.748 e. The second kappa shape index (κ2) is 16.3. The van der Waals surface area contributed by atoms with Gasteiger partial charge in [-0.1, -0.05) is 84.5 Å². The Balaban J connectivity index is 0. The van der Waals surface area contributed by atoms with E-state index < -0.39 is 21.5 Å². The van der Waals surface area contributed by atoms with Crippen LogP contribution in [0.15, 0.2) is 0 Å². The predicted molar refractivity (Wildman–Crippen MR) is 90.9 cm³/mol. The van der Waals surface area contributed by atoms with Crippen molar-refractivity contribution < 1.29 is 47.6 Å². The summed E-state index contributed by atoms with van der Waals surface area (Å²) in [6.07, 6.45) is 11.8. The molecule has 0 fully saturated rings. The molecule has 0 heterocycles. The van der Waals surface area contributed by atoms with E-state index in [4.69, 9.17) is 0 Å². The van der Waals surface area contributed by atoms with Crippen LogP contribution in [0.5, 0.6) is 0 Å². The van der Waals surface area contributed by atoms with E-state index in [9.17, 15) is 18.1 Å². The van der Waals surface area contributed by atoms with Gasteiger partial charge in [-0.3, -0.25) is 0 Å². The third-order valence-electron chi connectivity index (χ3n) is 4.25. The topological polar surface area (TPSA) is 77.4 Å². The monoisotopic (exact) mass is 358 g/mol. The molecule has 4 nitrogen and oxygen atoms in total. The van der Waals surface area contributed by atoms with Gasteiger partial charge in [0, 0.05) is 0 Å². The molecular formula is C17H35NaO4S. The Hall–Kier alpha value is 0.870. The Labute approximate surface area is 165 Å². The Morgan fingerprint density at radius 3 is 1.65 bits per heavy atom. The molecule has 0 amide bonds.